The van der Waals surface area contributed by atoms with Gasteiger partial charge in [-0.25, -0.2) is 4.98 Å². The third-order valence-electron chi connectivity index (χ3n) is 4.11. The lowest BCUT2D eigenvalue weighted by molar-refractivity contribution is 0.328. The standard InChI is InChI=1S/C15H21N3/c1-11(12-7-3-2-4-8-12)16-15-17-13-9-5-6-10-14(13)18-15/h5-6,9-12H,2-4,7-8H2,1H3,(H2,16,17,18). The summed E-state index contributed by atoms with van der Waals surface area (Å²) in [6.07, 6.45) is 6.89. The zero-order valence-corrected chi connectivity index (χ0v) is 10.9. The maximum absolute atomic E-state index is 4.58. The fourth-order valence-corrected chi connectivity index (χ4v) is 2.99. The van der Waals surface area contributed by atoms with Crippen molar-refractivity contribution in [1.82, 2.24) is 9.97 Å². The molecule has 0 bridgehead atoms. The van der Waals surface area contributed by atoms with Gasteiger partial charge in [0, 0.05) is 6.04 Å². The minimum absolute atomic E-state index is 0.505. The van der Waals surface area contributed by atoms with Crippen LogP contribution in [0.4, 0.5) is 5.95 Å². The number of aromatic nitrogens is 2. The van der Waals surface area contributed by atoms with Gasteiger partial charge in [-0.15, -0.1) is 0 Å². The third-order valence-corrected chi connectivity index (χ3v) is 4.11. The third kappa shape index (κ3) is 2.35. The summed E-state index contributed by atoms with van der Waals surface area (Å²) in [4.78, 5) is 7.92. The van der Waals surface area contributed by atoms with Gasteiger partial charge in [0.15, 0.2) is 0 Å². The molecule has 2 aromatic rings. The maximum atomic E-state index is 4.58. The number of hydrogen-bond donors (Lipinski definition) is 2. The van der Waals surface area contributed by atoms with Crippen LogP contribution in [-0.2, 0) is 0 Å². The summed E-state index contributed by atoms with van der Waals surface area (Å²) >= 11 is 0. The Labute approximate surface area is 108 Å². The second-order valence-electron chi connectivity index (χ2n) is 5.43. The quantitative estimate of drug-likeness (QED) is 0.857. The lowest BCUT2D eigenvalue weighted by Gasteiger charge is -2.28. The summed E-state index contributed by atoms with van der Waals surface area (Å²) in [5, 5.41) is 3.53. The maximum Gasteiger partial charge on any atom is 0.201 e. The zero-order chi connectivity index (χ0) is 12.4. The van der Waals surface area contributed by atoms with Crippen LogP contribution < -0.4 is 5.32 Å². The topological polar surface area (TPSA) is 40.7 Å². The van der Waals surface area contributed by atoms with Crippen molar-refractivity contribution >= 4 is 17.0 Å². The van der Waals surface area contributed by atoms with Crippen LogP contribution in [0.1, 0.15) is 39.0 Å². The van der Waals surface area contributed by atoms with Gasteiger partial charge in [0.1, 0.15) is 0 Å². The molecule has 1 atom stereocenters. The number of benzene rings is 1. The van der Waals surface area contributed by atoms with Gasteiger partial charge >= 0.3 is 0 Å². The number of anilines is 1. The van der Waals surface area contributed by atoms with Crippen LogP contribution in [0.25, 0.3) is 11.0 Å². The van der Waals surface area contributed by atoms with E-state index in [0.717, 1.165) is 22.9 Å². The molecular formula is C15H21N3. The van der Waals surface area contributed by atoms with Crippen molar-refractivity contribution in [2.75, 3.05) is 5.32 Å². The number of rotatable bonds is 3. The summed E-state index contributed by atoms with van der Waals surface area (Å²) in [6, 6.07) is 8.68. The molecule has 2 N–H and O–H groups in total. The van der Waals surface area contributed by atoms with Crippen LogP contribution in [0.15, 0.2) is 24.3 Å². The molecule has 0 spiro atoms. The van der Waals surface area contributed by atoms with E-state index in [-0.39, 0.29) is 0 Å². The molecule has 3 rings (SSSR count). The molecule has 1 aliphatic carbocycles. The Morgan fingerprint density at radius 2 is 2.00 bits per heavy atom. The molecule has 1 heterocycles. The number of nitrogens with zero attached hydrogens (tertiary/aromatic N) is 1. The molecule has 0 aliphatic heterocycles. The van der Waals surface area contributed by atoms with Crippen molar-refractivity contribution in [2.24, 2.45) is 5.92 Å². The molecule has 1 aromatic heterocycles. The molecular weight excluding hydrogens is 222 g/mol. The van der Waals surface area contributed by atoms with Crippen molar-refractivity contribution < 1.29 is 0 Å². The molecule has 18 heavy (non-hydrogen) atoms. The first-order valence-corrected chi connectivity index (χ1v) is 7.04. The van der Waals surface area contributed by atoms with Gasteiger partial charge in [0.05, 0.1) is 11.0 Å². The smallest absolute Gasteiger partial charge is 0.201 e. The van der Waals surface area contributed by atoms with Gasteiger partial charge in [0.25, 0.3) is 0 Å². The normalized spacial score (nSPS) is 18.9. The Balaban J connectivity index is 1.71. The molecule has 96 valence electrons. The lowest BCUT2D eigenvalue weighted by atomic mass is 9.85. The monoisotopic (exact) mass is 243 g/mol. The van der Waals surface area contributed by atoms with Gasteiger partial charge in [0.2, 0.25) is 5.95 Å². The number of aromatic amines is 1. The Morgan fingerprint density at radius 3 is 2.78 bits per heavy atom. The summed E-state index contributed by atoms with van der Waals surface area (Å²) in [7, 11) is 0. The first-order chi connectivity index (χ1) is 8.83. The van der Waals surface area contributed by atoms with Crippen LogP contribution >= 0.6 is 0 Å². The van der Waals surface area contributed by atoms with Crippen molar-refractivity contribution in [3.63, 3.8) is 0 Å². The molecule has 1 aromatic carbocycles. The van der Waals surface area contributed by atoms with Crippen LogP contribution in [0, 0.1) is 5.92 Å². The summed E-state index contributed by atoms with van der Waals surface area (Å²) in [5.74, 6) is 1.71. The molecule has 0 radical (unpaired) electrons. The minimum Gasteiger partial charge on any atom is -0.353 e. The van der Waals surface area contributed by atoms with Crippen molar-refractivity contribution in [3.05, 3.63) is 24.3 Å². The number of para-hydroxylation sites is 2. The lowest BCUT2D eigenvalue weighted by Crippen LogP contribution is -2.28. The van der Waals surface area contributed by atoms with E-state index >= 15 is 0 Å². The molecule has 0 saturated heterocycles. The molecule has 1 fully saturated rings. The van der Waals surface area contributed by atoms with Crippen LogP contribution in [0.2, 0.25) is 0 Å². The zero-order valence-electron chi connectivity index (χ0n) is 10.9. The minimum atomic E-state index is 0.505. The highest BCUT2D eigenvalue weighted by Gasteiger charge is 2.20. The highest BCUT2D eigenvalue weighted by molar-refractivity contribution is 5.77. The number of hydrogen-bond acceptors (Lipinski definition) is 2. The van der Waals surface area contributed by atoms with Crippen LogP contribution in [0.5, 0.6) is 0 Å². The van der Waals surface area contributed by atoms with Crippen molar-refractivity contribution in [1.29, 1.82) is 0 Å². The molecule has 3 heteroatoms. The fraction of sp³-hybridized carbons (Fsp3) is 0.533. The van der Waals surface area contributed by atoms with E-state index < -0.39 is 0 Å². The Kier molecular flexibility index (Phi) is 3.22. The predicted molar refractivity (Wildman–Crippen MR) is 75.8 cm³/mol. The molecule has 3 nitrogen and oxygen atoms in total. The summed E-state index contributed by atoms with van der Waals surface area (Å²) in [6.45, 7) is 2.28. The van der Waals surface area contributed by atoms with E-state index in [1.807, 2.05) is 18.2 Å². The van der Waals surface area contributed by atoms with E-state index in [1.165, 1.54) is 32.1 Å². The van der Waals surface area contributed by atoms with Gasteiger partial charge in [-0.05, 0) is 37.8 Å². The molecule has 0 amide bonds. The number of nitrogens with one attached hydrogen (secondary N) is 2. The second-order valence-corrected chi connectivity index (χ2v) is 5.43. The highest BCUT2D eigenvalue weighted by Crippen LogP contribution is 2.27. The number of H-pyrrole nitrogens is 1. The second kappa shape index (κ2) is 5.01. The Morgan fingerprint density at radius 1 is 1.22 bits per heavy atom. The first-order valence-electron chi connectivity index (χ1n) is 7.04. The van der Waals surface area contributed by atoms with Crippen molar-refractivity contribution in [2.45, 2.75) is 45.1 Å². The van der Waals surface area contributed by atoms with Crippen molar-refractivity contribution in [3.8, 4) is 0 Å². The number of fused-ring (bicyclic) bond motifs is 1. The molecule has 1 unspecified atom stereocenters. The predicted octanol–water partition coefficient (Wildman–Crippen LogP) is 3.94. The van der Waals surface area contributed by atoms with Gasteiger partial charge in [-0.3, -0.25) is 0 Å². The van der Waals surface area contributed by atoms with Gasteiger partial charge in [-0.1, -0.05) is 31.4 Å². The van der Waals surface area contributed by atoms with Crippen LogP contribution in [-0.4, -0.2) is 16.0 Å². The number of imidazole rings is 1. The van der Waals surface area contributed by atoms with Gasteiger partial charge in [-0.2, -0.15) is 0 Å². The van der Waals surface area contributed by atoms with E-state index in [0.29, 0.717) is 6.04 Å². The average Bonchev–Trinajstić information content (AvgIpc) is 2.82. The highest BCUT2D eigenvalue weighted by atomic mass is 15.1. The molecule has 1 saturated carbocycles. The Bertz CT molecular complexity index is 478. The largest absolute Gasteiger partial charge is 0.353 e. The Hall–Kier alpha value is -1.51. The summed E-state index contributed by atoms with van der Waals surface area (Å²) in [5.41, 5.74) is 2.15. The van der Waals surface area contributed by atoms with E-state index in [1.54, 1.807) is 0 Å². The van der Waals surface area contributed by atoms with E-state index in [2.05, 4.69) is 28.3 Å². The van der Waals surface area contributed by atoms with E-state index in [9.17, 15) is 0 Å². The van der Waals surface area contributed by atoms with E-state index in [4.69, 9.17) is 0 Å². The van der Waals surface area contributed by atoms with Crippen LogP contribution in [0.3, 0.4) is 0 Å². The average molecular weight is 243 g/mol. The SMILES string of the molecule is CC(Nc1nc2ccccc2[nH]1)C1CCCCC1. The fourth-order valence-electron chi connectivity index (χ4n) is 2.99. The first kappa shape index (κ1) is 11.6. The molecule has 1 aliphatic rings. The van der Waals surface area contributed by atoms with Gasteiger partial charge < -0.3 is 10.3 Å². The summed E-state index contributed by atoms with van der Waals surface area (Å²) < 4.78 is 0.